The van der Waals surface area contributed by atoms with Gasteiger partial charge in [-0.05, 0) is 32.7 Å². The molecule has 1 aromatic rings. The molecule has 0 spiro atoms. The lowest BCUT2D eigenvalue weighted by Crippen LogP contribution is -2.44. The molecule has 4 nitrogen and oxygen atoms in total. The van der Waals surface area contributed by atoms with Gasteiger partial charge in [-0.1, -0.05) is 12.8 Å². The molecule has 134 valence electrons. The maximum absolute atomic E-state index is 13.2. The number of aromatic nitrogens is 1. The summed E-state index contributed by atoms with van der Waals surface area (Å²) in [5.74, 6) is -1.94. The van der Waals surface area contributed by atoms with Crippen molar-refractivity contribution in [1.82, 2.24) is 10.3 Å². The molecule has 2 aliphatic carbocycles. The molecule has 2 fully saturated rings. The van der Waals surface area contributed by atoms with E-state index in [9.17, 15) is 18.0 Å². The Kier molecular flexibility index (Phi) is 5.15. The molecule has 0 bridgehead atoms. The molecular weight excluding hydrogens is 339 g/mol. The second-order valence-electron chi connectivity index (χ2n) is 6.75. The predicted molar refractivity (Wildman–Crippen MR) is 87.1 cm³/mol. The monoisotopic (exact) mass is 361 g/mol. The van der Waals surface area contributed by atoms with Crippen LogP contribution in [0.4, 0.5) is 18.3 Å². The van der Waals surface area contributed by atoms with Crippen molar-refractivity contribution in [3.63, 3.8) is 0 Å². The van der Waals surface area contributed by atoms with Crippen molar-refractivity contribution in [2.24, 2.45) is 11.8 Å². The number of thiazole rings is 1. The van der Waals surface area contributed by atoms with Crippen molar-refractivity contribution in [2.45, 2.75) is 56.7 Å². The Bertz CT molecular complexity index is 583. The van der Waals surface area contributed by atoms with Gasteiger partial charge < -0.3 is 10.6 Å². The first-order valence-electron chi connectivity index (χ1n) is 8.39. The summed E-state index contributed by atoms with van der Waals surface area (Å²) in [4.78, 5) is 16.9. The number of hydrogen-bond acceptors (Lipinski definition) is 4. The van der Waals surface area contributed by atoms with E-state index in [4.69, 9.17) is 0 Å². The Balaban J connectivity index is 1.63. The first kappa shape index (κ1) is 17.7. The van der Waals surface area contributed by atoms with Gasteiger partial charge in [0, 0.05) is 29.0 Å². The molecule has 2 aliphatic rings. The van der Waals surface area contributed by atoms with Crippen LogP contribution < -0.4 is 10.6 Å². The number of anilines is 1. The number of amides is 1. The third-order valence-corrected chi connectivity index (χ3v) is 6.27. The first-order valence-corrected chi connectivity index (χ1v) is 9.20. The fourth-order valence-corrected chi connectivity index (χ4v) is 4.67. The normalized spacial score (nSPS) is 30.7. The summed E-state index contributed by atoms with van der Waals surface area (Å²) >= 11 is 1.19. The first-order chi connectivity index (χ1) is 11.4. The minimum atomic E-state index is -4.17. The predicted octanol–water partition coefficient (Wildman–Crippen LogP) is 3.92. The molecule has 2 atom stereocenters. The fourth-order valence-electron chi connectivity index (χ4n) is 3.65. The largest absolute Gasteiger partial charge is 0.392 e. The van der Waals surface area contributed by atoms with E-state index in [1.165, 1.54) is 17.5 Å². The average Bonchev–Trinajstić information content (AvgIpc) is 2.93. The van der Waals surface area contributed by atoms with Gasteiger partial charge in [0.1, 0.15) is 0 Å². The van der Waals surface area contributed by atoms with Gasteiger partial charge in [-0.2, -0.15) is 13.2 Å². The van der Waals surface area contributed by atoms with Crippen molar-refractivity contribution in [3.05, 3.63) is 11.1 Å². The van der Waals surface area contributed by atoms with Crippen LogP contribution in [0.5, 0.6) is 0 Å². The molecule has 0 radical (unpaired) electrons. The van der Waals surface area contributed by atoms with Crippen LogP contribution in [0, 0.1) is 11.8 Å². The Labute approximate surface area is 143 Å². The minimum Gasteiger partial charge on any atom is -0.317 e. The van der Waals surface area contributed by atoms with Crippen molar-refractivity contribution in [1.29, 1.82) is 0 Å². The highest BCUT2D eigenvalue weighted by Gasteiger charge is 2.46. The SMILES string of the molecule is CNC1CC(C(=O)Nc2ncc([C@@H]3CCCC[C@H]3C(F)(F)F)s2)C1. The van der Waals surface area contributed by atoms with Crippen molar-refractivity contribution in [3.8, 4) is 0 Å². The van der Waals surface area contributed by atoms with Crippen molar-refractivity contribution in [2.75, 3.05) is 12.4 Å². The summed E-state index contributed by atoms with van der Waals surface area (Å²) in [6, 6.07) is 0.377. The van der Waals surface area contributed by atoms with Crippen LogP contribution >= 0.6 is 11.3 Å². The van der Waals surface area contributed by atoms with Crippen LogP contribution in [0.25, 0.3) is 0 Å². The van der Waals surface area contributed by atoms with Crippen LogP contribution in [-0.4, -0.2) is 30.2 Å². The second-order valence-corrected chi connectivity index (χ2v) is 7.81. The minimum absolute atomic E-state index is 0.0348. The van der Waals surface area contributed by atoms with E-state index in [0.29, 0.717) is 28.9 Å². The zero-order valence-corrected chi connectivity index (χ0v) is 14.3. The number of halogens is 3. The Morgan fingerprint density at radius 2 is 2.00 bits per heavy atom. The Hall–Kier alpha value is -1.15. The lowest BCUT2D eigenvalue weighted by atomic mass is 9.78. The van der Waals surface area contributed by atoms with E-state index in [1.54, 1.807) is 0 Å². The summed E-state index contributed by atoms with van der Waals surface area (Å²) in [7, 11) is 1.87. The number of carbonyl (C=O) groups excluding carboxylic acids is 1. The van der Waals surface area contributed by atoms with E-state index in [1.807, 2.05) is 7.05 Å². The van der Waals surface area contributed by atoms with E-state index in [0.717, 1.165) is 19.3 Å². The van der Waals surface area contributed by atoms with E-state index in [2.05, 4.69) is 15.6 Å². The van der Waals surface area contributed by atoms with Crippen LogP contribution in [-0.2, 0) is 4.79 Å². The molecular formula is C16H22F3N3OS. The van der Waals surface area contributed by atoms with Crippen LogP contribution in [0.3, 0.4) is 0 Å². The zero-order chi connectivity index (χ0) is 17.3. The smallest absolute Gasteiger partial charge is 0.317 e. The summed E-state index contributed by atoms with van der Waals surface area (Å²) in [6.45, 7) is 0. The second kappa shape index (κ2) is 7.00. The molecule has 24 heavy (non-hydrogen) atoms. The number of nitrogens with zero attached hydrogens (tertiary/aromatic N) is 1. The van der Waals surface area contributed by atoms with Crippen LogP contribution in [0.15, 0.2) is 6.20 Å². The quantitative estimate of drug-likeness (QED) is 0.855. The maximum atomic E-state index is 13.2. The van der Waals surface area contributed by atoms with Gasteiger partial charge in [-0.3, -0.25) is 4.79 Å². The third kappa shape index (κ3) is 3.74. The van der Waals surface area contributed by atoms with Crippen LogP contribution in [0.1, 0.15) is 49.3 Å². The van der Waals surface area contributed by atoms with E-state index in [-0.39, 0.29) is 18.2 Å². The van der Waals surface area contributed by atoms with Gasteiger partial charge in [-0.25, -0.2) is 4.98 Å². The molecule has 1 amide bonds. The molecule has 0 saturated heterocycles. The van der Waals surface area contributed by atoms with Gasteiger partial charge in [0.05, 0.1) is 5.92 Å². The Morgan fingerprint density at radius 1 is 1.29 bits per heavy atom. The van der Waals surface area contributed by atoms with Gasteiger partial charge in [0.25, 0.3) is 0 Å². The standard InChI is InChI=1S/C16H22F3N3OS/c1-20-10-6-9(7-10)14(23)22-15-21-8-13(24-15)11-4-2-3-5-12(11)16(17,18)19/h8-12,20H,2-7H2,1H3,(H,21,22,23)/t9?,10?,11-,12-/m1/s1. The zero-order valence-electron chi connectivity index (χ0n) is 13.5. The van der Waals surface area contributed by atoms with Crippen molar-refractivity contribution >= 4 is 22.4 Å². The summed E-state index contributed by atoms with van der Waals surface area (Å²) in [5.41, 5.74) is 0. The lowest BCUT2D eigenvalue weighted by molar-refractivity contribution is -0.187. The van der Waals surface area contributed by atoms with Crippen LogP contribution in [0.2, 0.25) is 0 Å². The molecule has 2 N–H and O–H groups in total. The molecule has 1 aromatic heterocycles. The van der Waals surface area contributed by atoms with E-state index < -0.39 is 18.0 Å². The molecule has 0 unspecified atom stereocenters. The fraction of sp³-hybridized carbons (Fsp3) is 0.750. The molecule has 3 rings (SSSR count). The van der Waals surface area contributed by atoms with Crippen molar-refractivity contribution < 1.29 is 18.0 Å². The molecule has 0 aromatic carbocycles. The van der Waals surface area contributed by atoms with Gasteiger partial charge in [0.15, 0.2) is 5.13 Å². The maximum Gasteiger partial charge on any atom is 0.392 e. The molecule has 8 heteroatoms. The van der Waals surface area contributed by atoms with Gasteiger partial charge in [-0.15, -0.1) is 11.3 Å². The number of hydrogen-bond donors (Lipinski definition) is 2. The number of alkyl halides is 3. The third-order valence-electron chi connectivity index (χ3n) is 5.22. The number of carbonyl (C=O) groups is 1. The summed E-state index contributed by atoms with van der Waals surface area (Å²) < 4.78 is 39.7. The molecule has 2 saturated carbocycles. The summed E-state index contributed by atoms with van der Waals surface area (Å²) in [5, 5.41) is 6.29. The average molecular weight is 361 g/mol. The lowest BCUT2D eigenvalue weighted by Gasteiger charge is -2.33. The highest BCUT2D eigenvalue weighted by Crippen LogP contribution is 2.48. The highest BCUT2D eigenvalue weighted by molar-refractivity contribution is 7.15. The molecule has 0 aliphatic heterocycles. The number of nitrogens with one attached hydrogen (secondary N) is 2. The number of rotatable bonds is 4. The summed E-state index contributed by atoms with van der Waals surface area (Å²) in [6.07, 6.45) is 1.06. The van der Waals surface area contributed by atoms with E-state index >= 15 is 0 Å². The highest BCUT2D eigenvalue weighted by atomic mass is 32.1. The van der Waals surface area contributed by atoms with Gasteiger partial charge in [0.2, 0.25) is 5.91 Å². The topological polar surface area (TPSA) is 54.0 Å². The Morgan fingerprint density at radius 3 is 2.67 bits per heavy atom. The molecule has 1 heterocycles. The van der Waals surface area contributed by atoms with Gasteiger partial charge >= 0.3 is 6.18 Å².